The second kappa shape index (κ2) is 13.6. The molecule has 0 N–H and O–H groups in total. The zero-order valence-corrected chi connectivity index (χ0v) is 15.0. The Hall–Kier alpha value is -0.0400. The van der Waals surface area contributed by atoms with Crippen LogP contribution in [0.25, 0.3) is 0 Å². The van der Waals surface area contributed by atoms with Crippen molar-refractivity contribution >= 4 is 0 Å². The van der Waals surface area contributed by atoms with Crippen molar-refractivity contribution < 1.29 is 0 Å². The van der Waals surface area contributed by atoms with Crippen molar-refractivity contribution in [1.82, 2.24) is 4.90 Å². The maximum absolute atomic E-state index is 2.82. The molecule has 0 radical (unpaired) electrons. The van der Waals surface area contributed by atoms with Crippen LogP contribution < -0.4 is 0 Å². The molecule has 0 aromatic heterocycles. The molecule has 1 aliphatic heterocycles. The Morgan fingerprint density at radius 3 is 2.00 bits per heavy atom. The topological polar surface area (TPSA) is 3.24 Å². The van der Waals surface area contributed by atoms with Gasteiger partial charge < -0.3 is 4.90 Å². The van der Waals surface area contributed by atoms with Crippen LogP contribution in [0.4, 0.5) is 0 Å². The van der Waals surface area contributed by atoms with Gasteiger partial charge in [-0.3, -0.25) is 0 Å². The quantitative estimate of drug-likeness (QED) is 0.348. The Balaban J connectivity index is 1.97. The van der Waals surface area contributed by atoms with Crippen LogP contribution in [0.5, 0.6) is 0 Å². The van der Waals surface area contributed by atoms with Crippen LogP contribution in [-0.4, -0.2) is 24.0 Å². The van der Waals surface area contributed by atoms with Crippen molar-refractivity contribution in [2.75, 3.05) is 13.1 Å². The molecule has 1 aliphatic rings. The first-order valence-electron chi connectivity index (χ1n) is 10.1. The van der Waals surface area contributed by atoms with Gasteiger partial charge in [0.2, 0.25) is 0 Å². The zero-order valence-electron chi connectivity index (χ0n) is 15.0. The van der Waals surface area contributed by atoms with Crippen LogP contribution in [0, 0.1) is 0 Å². The molecule has 0 bridgehead atoms. The fourth-order valence-corrected chi connectivity index (χ4v) is 3.75. The average molecular weight is 296 g/mol. The highest BCUT2D eigenvalue weighted by atomic mass is 15.2. The van der Waals surface area contributed by atoms with E-state index in [0.717, 1.165) is 6.04 Å². The SMILES string of the molecule is CCCCCCCCCCCN1CCCCC1CCCC. The number of hydrogen-bond donors (Lipinski definition) is 0. The fourth-order valence-electron chi connectivity index (χ4n) is 3.75. The van der Waals surface area contributed by atoms with Gasteiger partial charge in [-0.25, -0.2) is 0 Å². The highest BCUT2D eigenvalue weighted by Crippen LogP contribution is 2.22. The van der Waals surface area contributed by atoms with E-state index < -0.39 is 0 Å². The molecule has 0 spiro atoms. The van der Waals surface area contributed by atoms with Gasteiger partial charge in [0.15, 0.2) is 0 Å². The average Bonchev–Trinajstić information content (AvgIpc) is 2.52. The highest BCUT2D eigenvalue weighted by Gasteiger charge is 2.20. The summed E-state index contributed by atoms with van der Waals surface area (Å²) in [6.45, 7) is 7.39. The first kappa shape index (κ1) is 19.0. The maximum atomic E-state index is 2.82. The second-order valence-electron chi connectivity index (χ2n) is 7.16. The van der Waals surface area contributed by atoms with Gasteiger partial charge in [0.05, 0.1) is 0 Å². The highest BCUT2D eigenvalue weighted by molar-refractivity contribution is 4.76. The first-order chi connectivity index (χ1) is 10.4. The standard InChI is InChI=1S/C20H41N/c1-3-5-7-8-9-10-11-12-14-18-21-19-15-13-17-20(21)16-6-4-2/h20H,3-19H2,1-2H3. The summed E-state index contributed by atoms with van der Waals surface area (Å²) in [5.74, 6) is 0. The van der Waals surface area contributed by atoms with E-state index in [1.54, 1.807) is 0 Å². The van der Waals surface area contributed by atoms with E-state index in [2.05, 4.69) is 18.7 Å². The Labute approximate surface area is 134 Å². The molecule has 1 rings (SSSR count). The Morgan fingerprint density at radius 1 is 0.714 bits per heavy atom. The number of hydrogen-bond acceptors (Lipinski definition) is 1. The Morgan fingerprint density at radius 2 is 1.33 bits per heavy atom. The summed E-state index contributed by atoms with van der Waals surface area (Å²) in [5, 5.41) is 0. The van der Waals surface area contributed by atoms with E-state index in [9.17, 15) is 0 Å². The number of likely N-dealkylation sites (tertiary alicyclic amines) is 1. The molecule has 0 aromatic rings. The first-order valence-corrected chi connectivity index (χ1v) is 10.1. The van der Waals surface area contributed by atoms with Gasteiger partial charge in [0, 0.05) is 6.04 Å². The van der Waals surface area contributed by atoms with Gasteiger partial charge >= 0.3 is 0 Å². The summed E-state index contributed by atoms with van der Waals surface area (Å²) < 4.78 is 0. The molecule has 126 valence electrons. The van der Waals surface area contributed by atoms with Crippen molar-refractivity contribution in [3.63, 3.8) is 0 Å². The van der Waals surface area contributed by atoms with Crippen molar-refractivity contribution in [1.29, 1.82) is 0 Å². The Kier molecular flexibility index (Phi) is 12.3. The minimum absolute atomic E-state index is 0.924. The van der Waals surface area contributed by atoms with Crippen molar-refractivity contribution in [2.24, 2.45) is 0 Å². The minimum Gasteiger partial charge on any atom is -0.300 e. The molecule has 1 unspecified atom stereocenters. The van der Waals surface area contributed by atoms with Crippen molar-refractivity contribution in [3.05, 3.63) is 0 Å². The molecule has 1 atom stereocenters. The molecule has 1 heteroatoms. The number of unbranched alkanes of at least 4 members (excludes halogenated alkanes) is 9. The van der Waals surface area contributed by atoms with Gasteiger partial charge in [-0.05, 0) is 38.8 Å². The lowest BCUT2D eigenvalue weighted by Gasteiger charge is -2.36. The van der Waals surface area contributed by atoms with E-state index in [4.69, 9.17) is 0 Å². The summed E-state index contributed by atoms with van der Waals surface area (Å²) in [7, 11) is 0. The van der Waals surface area contributed by atoms with Crippen LogP contribution in [0.2, 0.25) is 0 Å². The monoisotopic (exact) mass is 295 g/mol. The van der Waals surface area contributed by atoms with Crippen molar-refractivity contribution in [3.8, 4) is 0 Å². The van der Waals surface area contributed by atoms with E-state index in [0.29, 0.717) is 0 Å². The molecule has 1 fully saturated rings. The van der Waals surface area contributed by atoms with Crippen LogP contribution in [-0.2, 0) is 0 Å². The smallest absolute Gasteiger partial charge is 0.00952 e. The molecule has 1 heterocycles. The van der Waals surface area contributed by atoms with E-state index in [-0.39, 0.29) is 0 Å². The van der Waals surface area contributed by atoms with Crippen LogP contribution >= 0.6 is 0 Å². The largest absolute Gasteiger partial charge is 0.300 e. The van der Waals surface area contributed by atoms with E-state index >= 15 is 0 Å². The number of nitrogens with zero attached hydrogens (tertiary/aromatic N) is 1. The summed E-state index contributed by atoms with van der Waals surface area (Å²) in [5.41, 5.74) is 0. The lowest BCUT2D eigenvalue weighted by molar-refractivity contribution is 0.135. The molecule has 0 aliphatic carbocycles. The maximum Gasteiger partial charge on any atom is 0.00952 e. The van der Waals surface area contributed by atoms with Crippen molar-refractivity contribution in [2.45, 2.75) is 116 Å². The third-order valence-corrected chi connectivity index (χ3v) is 5.19. The molecule has 0 amide bonds. The second-order valence-corrected chi connectivity index (χ2v) is 7.16. The lowest BCUT2D eigenvalue weighted by Crippen LogP contribution is -2.40. The number of piperidine rings is 1. The lowest BCUT2D eigenvalue weighted by atomic mass is 9.97. The minimum atomic E-state index is 0.924. The zero-order chi connectivity index (χ0) is 15.2. The predicted octanol–water partition coefficient (Wildman–Crippen LogP) is 6.56. The summed E-state index contributed by atoms with van der Waals surface area (Å²) in [6.07, 6.45) is 21.7. The third-order valence-electron chi connectivity index (χ3n) is 5.19. The van der Waals surface area contributed by atoms with Gasteiger partial charge in [0.1, 0.15) is 0 Å². The van der Waals surface area contributed by atoms with Crippen LogP contribution in [0.1, 0.15) is 110 Å². The molecule has 1 saturated heterocycles. The normalized spacial score (nSPS) is 20.0. The summed E-state index contributed by atoms with van der Waals surface area (Å²) in [6, 6.07) is 0.924. The fraction of sp³-hybridized carbons (Fsp3) is 1.00. The molecular formula is C20H41N. The van der Waals surface area contributed by atoms with Crippen LogP contribution in [0.3, 0.4) is 0 Å². The molecule has 0 aromatic carbocycles. The molecule has 21 heavy (non-hydrogen) atoms. The molecule has 1 nitrogen and oxygen atoms in total. The Bertz CT molecular complexity index is 214. The van der Waals surface area contributed by atoms with Gasteiger partial charge in [0.25, 0.3) is 0 Å². The van der Waals surface area contributed by atoms with Gasteiger partial charge in [-0.1, -0.05) is 84.5 Å². The summed E-state index contributed by atoms with van der Waals surface area (Å²) >= 11 is 0. The van der Waals surface area contributed by atoms with Crippen LogP contribution in [0.15, 0.2) is 0 Å². The third kappa shape index (κ3) is 9.55. The predicted molar refractivity (Wildman–Crippen MR) is 96.0 cm³/mol. The van der Waals surface area contributed by atoms with Gasteiger partial charge in [-0.2, -0.15) is 0 Å². The molecule has 0 saturated carbocycles. The number of rotatable bonds is 13. The van der Waals surface area contributed by atoms with E-state index in [1.165, 1.54) is 109 Å². The van der Waals surface area contributed by atoms with Gasteiger partial charge in [-0.15, -0.1) is 0 Å². The van der Waals surface area contributed by atoms with E-state index in [1.807, 2.05) is 0 Å². The summed E-state index contributed by atoms with van der Waals surface area (Å²) in [4.78, 5) is 2.82. The molecular weight excluding hydrogens is 254 g/mol.